The van der Waals surface area contributed by atoms with E-state index in [4.69, 9.17) is 14.6 Å². The van der Waals surface area contributed by atoms with E-state index in [1.807, 2.05) is 0 Å². The fraction of sp³-hybridized carbons (Fsp3) is 0.667. The summed E-state index contributed by atoms with van der Waals surface area (Å²) in [5, 5.41) is 10.4. The zero-order chi connectivity index (χ0) is 34.3. The molecule has 0 bridgehead atoms. The second kappa shape index (κ2) is 13.1. The summed E-state index contributed by atoms with van der Waals surface area (Å²) in [7, 11) is 1.10. The minimum Gasteiger partial charge on any atom is -0.483 e. The number of carbonyl (C=O) groups excluding carboxylic acids is 2. The number of likely N-dealkylation sites (tertiary alicyclic amines) is 2. The maximum absolute atomic E-state index is 16.3. The van der Waals surface area contributed by atoms with E-state index in [-0.39, 0.29) is 68.3 Å². The molecule has 0 spiro atoms. The van der Waals surface area contributed by atoms with Crippen LogP contribution in [-0.2, 0) is 14.3 Å². The molecule has 260 valence electrons. The van der Waals surface area contributed by atoms with Gasteiger partial charge in [0.1, 0.15) is 11.3 Å². The van der Waals surface area contributed by atoms with Gasteiger partial charge in [-0.15, -0.1) is 0 Å². The molecule has 0 radical (unpaired) electrons. The van der Waals surface area contributed by atoms with Crippen molar-refractivity contribution in [2.24, 2.45) is 11.8 Å². The van der Waals surface area contributed by atoms with Crippen LogP contribution in [0.2, 0.25) is 0 Å². The Bertz CT molecular complexity index is 1460. The lowest BCUT2D eigenvalue weighted by Gasteiger charge is -2.37. The number of benzene rings is 1. The zero-order valence-corrected chi connectivity index (χ0v) is 25.5. The van der Waals surface area contributed by atoms with Gasteiger partial charge in [0.15, 0.2) is 5.82 Å². The quantitative estimate of drug-likeness (QED) is 0.279. The van der Waals surface area contributed by atoms with Gasteiger partial charge in [-0.3, -0.25) is 9.59 Å². The van der Waals surface area contributed by atoms with Crippen LogP contribution in [0.4, 0.5) is 35.5 Å². The molecule has 3 N–H and O–H groups in total. The van der Waals surface area contributed by atoms with Crippen molar-refractivity contribution in [1.82, 2.24) is 25.1 Å². The normalized spacial score (nSPS) is 26.0. The molecular weight excluding hydrogens is 643 g/mol. The Morgan fingerprint density at radius 2 is 1.66 bits per heavy atom. The number of imidazole rings is 1. The average molecular weight is 680 g/mol. The van der Waals surface area contributed by atoms with E-state index in [0.29, 0.717) is 16.2 Å². The lowest BCUT2D eigenvalue weighted by atomic mass is 9.80. The van der Waals surface area contributed by atoms with Crippen LogP contribution in [0.3, 0.4) is 0 Å². The molecule has 3 heterocycles. The highest BCUT2D eigenvalue weighted by Crippen LogP contribution is 2.45. The Labute approximate surface area is 265 Å². The van der Waals surface area contributed by atoms with Crippen LogP contribution in [0.1, 0.15) is 68.3 Å². The highest BCUT2D eigenvalue weighted by molar-refractivity contribution is 5.83. The molecule has 4 aliphatic rings. The molecule has 2 aliphatic carbocycles. The van der Waals surface area contributed by atoms with Crippen molar-refractivity contribution >= 4 is 29.5 Å². The van der Waals surface area contributed by atoms with E-state index in [1.54, 1.807) is 6.07 Å². The molecule has 2 saturated heterocycles. The van der Waals surface area contributed by atoms with Gasteiger partial charge in [0.2, 0.25) is 11.8 Å². The van der Waals surface area contributed by atoms with E-state index in [1.165, 1.54) is 6.07 Å². The molecule has 4 fully saturated rings. The van der Waals surface area contributed by atoms with Crippen molar-refractivity contribution < 1.29 is 55.0 Å². The summed E-state index contributed by atoms with van der Waals surface area (Å²) < 4.78 is 105. The SMILES string of the molecule is COC(=O)N1CC(C(=O)N2CC(F)(F)C(F)(F)C2)C(c2ccc3[nH]c(C(NC4CCC4)C4CCC(F)(F)CC4)nc3c2F)C1.O=CO. The second-order valence-electron chi connectivity index (χ2n) is 12.7. The first-order valence-corrected chi connectivity index (χ1v) is 15.4. The molecule has 2 aliphatic heterocycles. The van der Waals surface area contributed by atoms with E-state index < -0.39 is 66.6 Å². The number of rotatable bonds is 6. The Hall–Kier alpha value is -3.63. The topological polar surface area (TPSA) is 128 Å². The maximum atomic E-state index is 16.3. The molecular formula is C30H36F7N5O5. The largest absolute Gasteiger partial charge is 0.483 e. The highest BCUT2D eigenvalue weighted by Gasteiger charge is 2.64. The molecule has 2 saturated carbocycles. The summed E-state index contributed by atoms with van der Waals surface area (Å²) in [6, 6.07) is 2.71. The molecule has 1 aromatic carbocycles. The fourth-order valence-electron chi connectivity index (χ4n) is 6.98. The molecule has 2 aromatic rings. The number of alkyl halides is 6. The third-order valence-electron chi connectivity index (χ3n) is 9.78. The van der Waals surface area contributed by atoms with Crippen LogP contribution in [-0.4, -0.2) is 100 Å². The lowest BCUT2D eigenvalue weighted by Crippen LogP contribution is -2.42. The first-order chi connectivity index (χ1) is 22.1. The number of aromatic nitrogens is 2. The lowest BCUT2D eigenvalue weighted by molar-refractivity contribution is -0.172. The van der Waals surface area contributed by atoms with Gasteiger partial charge >= 0.3 is 17.9 Å². The standard InChI is InChI=1S/C29H34F7N5O3.CH2O2/c1-44-26(43)40-11-18(19(12-40)25(42)41-13-28(33,34)29(35,36)14-41)17-5-6-20-23(21(17)30)39-24(38-20)22(37-16-3-2-4-16)15-7-9-27(31,32)10-8-15;2-1-3/h5-6,15-16,18-19,22,37H,2-4,7-14H2,1H3,(H,38,39);1H,(H,2,3). The van der Waals surface area contributed by atoms with Gasteiger partial charge in [-0.1, -0.05) is 12.5 Å². The van der Waals surface area contributed by atoms with Crippen molar-refractivity contribution in [3.05, 3.63) is 29.3 Å². The van der Waals surface area contributed by atoms with E-state index in [2.05, 4.69) is 15.3 Å². The molecule has 47 heavy (non-hydrogen) atoms. The summed E-state index contributed by atoms with van der Waals surface area (Å²) in [6.45, 7) is -3.79. The second-order valence-corrected chi connectivity index (χ2v) is 12.7. The molecule has 2 amide bonds. The van der Waals surface area contributed by atoms with Gasteiger partial charge < -0.3 is 29.9 Å². The van der Waals surface area contributed by atoms with Crippen molar-refractivity contribution in [3.8, 4) is 0 Å². The van der Waals surface area contributed by atoms with Crippen molar-refractivity contribution in [2.75, 3.05) is 33.3 Å². The third kappa shape index (κ3) is 6.85. The summed E-state index contributed by atoms with van der Waals surface area (Å²) in [5.74, 6) is -15.5. The molecule has 17 heteroatoms. The Morgan fingerprint density at radius 3 is 2.21 bits per heavy atom. The Balaban J connectivity index is 0.00000139. The molecule has 1 aromatic heterocycles. The number of H-pyrrole nitrogens is 1. The summed E-state index contributed by atoms with van der Waals surface area (Å²) >= 11 is 0. The van der Waals surface area contributed by atoms with Crippen molar-refractivity contribution in [1.29, 1.82) is 0 Å². The van der Waals surface area contributed by atoms with Crippen LogP contribution in [0.25, 0.3) is 11.0 Å². The summed E-state index contributed by atoms with van der Waals surface area (Å²) in [4.78, 5) is 43.2. The number of fused-ring (bicyclic) bond motifs is 1. The smallest absolute Gasteiger partial charge is 0.409 e. The van der Waals surface area contributed by atoms with Gasteiger partial charge in [0.25, 0.3) is 6.47 Å². The highest BCUT2D eigenvalue weighted by atomic mass is 19.3. The summed E-state index contributed by atoms with van der Waals surface area (Å²) in [5.41, 5.74) is 0.229. The van der Waals surface area contributed by atoms with Crippen LogP contribution in [0.15, 0.2) is 12.1 Å². The number of nitrogens with zero attached hydrogens (tertiary/aromatic N) is 3. The Morgan fingerprint density at radius 1 is 1.04 bits per heavy atom. The minimum absolute atomic E-state index is 0.0289. The third-order valence-corrected chi connectivity index (χ3v) is 9.78. The first-order valence-electron chi connectivity index (χ1n) is 15.4. The number of hydrogen-bond donors (Lipinski definition) is 3. The number of carboxylic acid groups (broad SMARTS) is 1. The van der Waals surface area contributed by atoms with Gasteiger partial charge in [-0.2, -0.15) is 17.6 Å². The number of aromatic amines is 1. The minimum atomic E-state index is -4.42. The van der Waals surface area contributed by atoms with E-state index >= 15 is 4.39 Å². The van der Waals surface area contributed by atoms with Gasteiger partial charge in [0.05, 0.1) is 37.7 Å². The number of amides is 2. The van der Waals surface area contributed by atoms with Gasteiger partial charge in [-0.25, -0.2) is 22.9 Å². The van der Waals surface area contributed by atoms with E-state index in [0.717, 1.165) is 31.3 Å². The average Bonchev–Trinajstić information content (AvgIpc) is 3.67. The van der Waals surface area contributed by atoms with Crippen molar-refractivity contribution in [3.63, 3.8) is 0 Å². The predicted octanol–water partition coefficient (Wildman–Crippen LogP) is 5.31. The Kier molecular flexibility index (Phi) is 9.68. The first kappa shape index (κ1) is 34.7. The van der Waals surface area contributed by atoms with Gasteiger partial charge in [0, 0.05) is 37.9 Å². The maximum Gasteiger partial charge on any atom is 0.409 e. The number of carbonyl (C=O) groups is 3. The number of nitrogens with one attached hydrogen (secondary N) is 2. The molecule has 10 nitrogen and oxygen atoms in total. The van der Waals surface area contributed by atoms with E-state index in [9.17, 15) is 35.9 Å². The van der Waals surface area contributed by atoms with Crippen LogP contribution >= 0.6 is 0 Å². The number of hydrogen-bond acceptors (Lipinski definition) is 6. The number of halogens is 7. The number of methoxy groups -OCH3 is 1. The van der Waals surface area contributed by atoms with Gasteiger partial charge in [-0.05, 0) is 43.2 Å². The summed E-state index contributed by atoms with van der Waals surface area (Å²) in [6.07, 6.45) is 2.11. The van der Waals surface area contributed by atoms with Crippen molar-refractivity contribution in [2.45, 2.75) is 80.7 Å². The van der Waals surface area contributed by atoms with Crippen LogP contribution in [0.5, 0.6) is 0 Å². The monoisotopic (exact) mass is 679 g/mol. The predicted molar refractivity (Wildman–Crippen MR) is 152 cm³/mol. The molecule has 3 unspecified atom stereocenters. The van der Waals surface area contributed by atoms with Crippen LogP contribution in [0, 0.1) is 17.7 Å². The molecule has 3 atom stereocenters. The molecule has 6 rings (SSSR count). The van der Waals surface area contributed by atoms with Crippen LogP contribution < -0.4 is 5.32 Å². The fourth-order valence-corrected chi connectivity index (χ4v) is 6.98. The number of ether oxygens (including phenoxy) is 1. The zero-order valence-electron chi connectivity index (χ0n) is 25.5.